The monoisotopic (exact) mass is 305 g/mol. The molecule has 0 saturated heterocycles. The van der Waals surface area contributed by atoms with E-state index in [1.807, 2.05) is 6.07 Å². The molecule has 0 fully saturated rings. The van der Waals surface area contributed by atoms with Crippen LogP contribution >= 0.6 is 12.2 Å². The number of nitrogens with zero attached hydrogens (tertiary/aromatic N) is 1. The Morgan fingerprint density at radius 2 is 1.55 bits per heavy atom. The maximum absolute atomic E-state index is 5.24. The van der Waals surface area contributed by atoms with Gasteiger partial charge in [0, 0.05) is 12.1 Å². The molecule has 0 saturated carbocycles. The average Bonchev–Trinajstić information content (AvgIpc) is 3.03. The summed E-state index contributed by atoms with van der Waals surface area (Å²) in [5.74, 6) is 0.922. The molecule has 0 spiro atoms. The Labute approximate surface area is 134 Å². The predicted molar refractivity (Wildman–Crippen MR) is 92.5 cm³/mol. The number of benzene rings is 2. The van der Waals surface area contributed by atoms with Crippen molar-refractivity contribution in [2.45, 2.75) is 6.42 Å². The van der Waals surface area contributed by atoms with E-state index in [9.17, 15) is 0 Å². The van der Waals surface area contributed by atoms with E-state index in [4.69, 9.17) is 12.2 Å². The Bertz CT molecular complexity index is 867. The molecule has 0 aliphatic carbocycles. The maximum Gasteiger partial charge on any atom is 0.199 e. The van der Waals surface area contributed by atoms with Crippen molar-refractivity contribution in [2.75, 3.05) is 11.9 Å². The predicted octanol–water partition coefficient (Wildman–Crippen LogP) is 4.44. The molecule has 2 heterocycles. The van der Waals surface area contributed by atoms with Gasteiger partial charge >= 0.3 is 0 Å². The highest BCUT2D eigenvalue weighted by molar-refractivity contribution is 7.71. The molecule has 108 valence electrons. The lowest BCUT2D eigenvalue weighted by Gasteiger charge is -2.09. The molecule has 0 amide bonds. The lowest BCUT2D eigenvalue weighted by atomic mass is 10.0. The number of anilines is 1. The lowest BCUT2D eigenvalue weighted by Crippen LogP contribution is -1.96. The van der Waals surface area contributed by atoms with E-state index >= 15 is 0 Å². The van der Waals surface area contributed by atoms with E-state index in [1.165, 1.54) is 16.7 Å². The minimum atomic E-state index is 0.523. The molecule has 1 aliphatic heterocycles. The van der Waals surface area contributed by atoms with Crippen LogP contribution in [-0.2, 0) is 6.42 Å². The number of aromatic amines is 1. The molecule has 1 aromatic heterocycles. The third kappa shape index (κ3) is 2.31. The molecule has 0 atom stereocenters. The van der Waals surface area contributed by atoms with E-state index in [-0.39, 0.29) is 0 Å². The fraction of sp³-hybridized carbons (Fsp3) is 0.111. The van der Waals surface area contributed by atoms with Crippen LogP contribution in [0.2, 0.25) is 0 Å². The van der Waals surface area contributed by atoms with Crippen molar-refractivity contribution in [2.24, 2.45) is 0 Å². The Kier molecular flexibility index (Phi) is 3.24. The van der Waals surface area contributed by atoms with E-state index in [0.29, 0.717) is 4.77 Å². The summed E-state index contributed by atoms with van der Waals surface area (Å²) >= 11 is 5.24. The van der Waals surface area contributed by atoms with Gasteiger partial charge in [-0.15, -0.1) is 0 Å². The van der Waals surface area contributed by atoms with Crippen LogP contribution in [0, 0.1) is 4.77 Å². The molecule has 2 aromatic carbocycles. The first-order valence-corrected chi connectivity index (χ1v) is 7.75. The van der Waals surface area contributed by atoms with Crippen molar-refractivity contribution in [3.63, 3.8) is 0 Å². The molecule has 0 unspecified atom stereocenters. The molecule has 0 bridgehead atoms. The van der Waals surface area contributed by atoms with E-state index < -0.39 is 0 Å². The van der Waals surface area contributed by atoms with Gasteiger partial charge in [-0.3, -0.25) is 0 Å². The zero-order valence-electron chi connectivity index (χ0n) is 12.0. The van der Waals surface area contributed by atoms with Crippen molar-refractivity contribution in [1.29, 1.82) is 0 Å². The number of aromatic nitrogens is 2. The number of hydrogen-bond donors (Lipinski definition) is 2. The van der Waals surface area contributed by atoms with Crippen LogP contribution in [0.5, 0.6) is 0 Å². The number of fused-ring (bicyclic) bond motifs is 1. The number of rotatable bonds is 2. The molecule has 0 radical (unpaired) electrons. The first-order chi connectivity index (χ1) is 10.8. The number of H-pyrrole nitrogens is 1. The first kappa shape index (κ1) is 13.2. The van der Waals surface area contributed by atoms with Gasteiger partial charge in [0.05, 0.1) is 5.69 Å². The van der Waals surface area contributed by atoms with Gasteiger partial charge in [-0.2, -0.15) is 0 Å². The minimum Gasteiger partial charge on any atom is -0.369 e. The van der Waals surface area contributed by atoms with Gasteiger partial charge in [-0.25, -0.2) is 4.98 Å². The van der Waals surface area contributed by atoms with Gasteiger partial charge in [-0.05, 0) is 35.3 Å². The molecule has 3 aromatic rings. The third-order valence-electron chi connectivity index (χ3n) is 3.98. The highest BCUT2D eigenvalue weighted by Crippen LogP contribution is 2.31. The molecular formula is C18H15N3S. The SMILES string of the molecule is S=c1nc2c(c(-c3ccc(-c4ccccc4)cc3)[nH]1)CCN2. The Hall–Kier alpha value is -2.46. The minimum absolute atomic E-state index is 0.523. The van der Waals surface area contributed by atoms with E-state index in [1.54, 1.807) is 0 Å². The smallest absolute Gasteiger partial charge is 0.199 e. The van der Waals surface area contributed by atoms with Gasteiger partial charge in [0.25, 0.3) is 0 Å². The zero-order valence-corrected chi connectivity index (χ0v) is 12.8. The van der Waals surface area contributed by atoms with Gasteiger partial charge in [0.2, 0.25) is 0 Å². The van der Waals surface area contributed by atoms with Crippen LogP contribution in [-0.4, -0.2) is 16.5 Å². The topological polar surface area (TPSA) is 40.7 Å². The fourth-order valence-electron chi connectivity index (χ4n) is 2.90. The fourth-order valence-corrected chi connectivity index (χ4v) is 3.09. The van der Waals surface area contributed by atoms with Crippen LogP contribution in [0.3, 0.4) is 0 Å². The quantitative estimate of drug-likeness (QED) is 0.688. The van der Waals surface area contributed by atoms with Crippen LogP contribution in [0.25, 0.3) is 22.4 Å². The Morgan fingerprint density at radius 3 is 2.32 bits per heavy atom. The van der Waals surface area contributed by atoms with Gasteiger partial charge in [0.1, 0.15) is 5.82 Å². The van der Waals surface area contributed by atoms with Crippen molar-refractivity contribution in [1.82, 2.24) is 9.97 Å². The van der Waals surface area contributed by atoms with Gasteiger partial charge in [0.15, 0.2) is 4.77 Å². The van der Waals surface area contributed by atoms with Crippen molar-refractivity contribution in [3.05, 3.63) is 64.9 Å². The molecule has 22 heavy (non-hydrogen) atoms. The maximum atomic E-state index is 5.24. The average molecular weight is 305 g/mol. The molecule has 4 heteroatoms. The zero-order chi connectivity index (χ0) is 14.9. The number of hydrogen-bond acceptors (Lipinski definition) is 3. The normalized spacial score (nSPS) is 12.7. The summed E-state index contributed by atoms with van der Waals surface area (Å²) in [5, 5.41) is 3.29. The third-order valence-corrected chi connectivity index (χ3v) is 4.17. The second kappa shape index (κ2) is 5.39. The molecular weight excluding hydrogens is 290 g/mol. The second-order valence-electron chi connectivity index (χ2n) is 5.36. The number of nitrogens with one attached hydrogen (secondary N) is 2. The summed E-state index contributed by atoms with van der Waals surface area (Å²) in [7, 11) is 0. The van der Waals surface area contributed by atoms with Crippen LogP contribution in [0.15, 0.2) is 54.6 Å². The lowest BCUT2D eigenvalue weighted by molar-refractivity contribution is 1.08. The van der Waals surface area contributed by atoms with Gasteiger partial charge < -0.3 is 10.3 Å². The largest absolute Gasteiger partial charge is 0.369 e. The van der Waals surface area contributed by atoms with E-state index in [2.05, 4.69) is 63.8 Å². The van der Waals surface area contributed by atoms with Crippen LogP contribution < -0.4 is 5.32 Å². The van der Waals surface area contributed by atoms with E-state index in [0.717, 1.165) is 30.0 Å². The molecule has 2 N–H and O–H groups in total. The molecule has 1 aliphatic rings. The first-order valence-electron chi connectivity index (χ1n) is 7.34. The Balaban J connectivity index is 1.77. The van der Waals surface area contributed by atoms with Crippen LogP contribution in [0.4, 0.5) is 5.82 Å². The summed E-state index contributed by atoms with van der Waals surface area (Å²) in [6.45, 7) is 0.921. The summed E-state index contributed by atoms with van der Waals surface area (Å²) in [6, 6.07) is 19.0. The highest BCUT2D eigenvalue weighted by Gasteiger charge is 2.17. The Morgan fingerprint density at radius 1 is 0.864 bits per heavy atom. The summed E-state index contributed by atoms with van der Waals surface area (Å²) < 4.78 is 0.523. The highest BCUT2D eigenvalue weighted by atomic mass is 32.1. The van der Waals surface area contributed by atoms with Crippen molar-refractivity contribution < 1.29 is 0 Å². The summed E-state index contributed by atoms with van der Waals surface area (Å²) in [6.07, 6.45) is 0.976. The van der Waals surface area contributed by atoms with Crippen LogP contribution in [0.1, 0.15) is 5.56 Å². The molecule has 4 rings (SSSR count). The molecule has 3 nitrogen and oxygen atoms in total. The second-order valence-corrected chi connectivity index (χ2v) is 5.75. The van der Waals surface area contributed by atoms with Gasteiger partial charge in [-0.1, -0.05) is 54.6 Å². The van der Waals surface area contributed by atoms with Crippen molar-refractivity contribution in [3.8, 4) is 22.4 Å². The van der Waals surface area contributed by atoms with Crippen molar-refractivity contribution >= 4 is 18.0 Å². The summed E-state index contributed by atoms with van der Waals surface area (Å²) in [5.41, 5.74) is 5.89. The standard InChI is InChI=1S/C18H15N3S/c22-18-20-16(15-10-11-19-17(15)21-18)14-8-6-13(7-9-14)12-4-2-1-3-5-12/h1-9H,10-11H2,(H2,19,20,21,22). The summed E-state index contributed by atoms with van der Waals surface area (Å²) in [4.78, 5) is 7.60.